The Morgan fingerprint density at radius 1 is 0.393 bits per heavy atom. The van der Waals surface area contributed by atoms with Gasteiger partial charge in [0.15, 0.2) is 0 Å². The van der Waals surface area contributed by atoms with Crippen LogP contribution in [-0.2, 0) is 5.41 Å². The third-order valence-electron chi connectivity index (χ3n) is 12.8. The van der Waals surface area contributed by atoms with E-state index in [0.717, 1.165) is 51.2 Å². The summed E-state index contributed by atoms with van der Waals surface area (Å²) in [5.74, 6) is 0. The maximum atomic E-state index is 2.44. The van der Waals surface area contributed by atoms with E-state index in [1.54, 1.807) is 0 Å². The van der Waals surface area contributed by atoms with E-state index in [2.05, 4.69) is 241 Å². The molecule has 0 saturated carbocycles. The first kappa shape index (κ1) is 35.5. The molecule has 290 valence electrons. The van der Waals surface area contributed by atoms with Crippen molar-refractivity contribution >= 4 is 82.7 Å². The largest absolute Gasteiger partial charge is 0.310 e. The number of thiophene rings is 1. The van der Waals surface area contributed by atoms with E-state index in [9.17, 15) is 0 Å². The third-order valence-corrected chi connectivity index (χ3v) is 14.0. The summed E-state index contributed by atoms with van der Waals surface area (Å²) in [6.45, 7) is 4.73. The first-order chi connectivity index (χ1) is 30.0. The van der Waals surface area contributed by atoms with E-state index in [4.69, 9.17) is 0 Å². The van der Waals surface area contributed by atoms with Gasteiger partial charge in [0.25, 0.3) is 0 Å². The quantitative estimate of drug-likeness (QED) is 0.166. The summed E-state index contributed by atoms with van der Waals surface area (Å²) < 4.78 is 2.65. The topological polar surface area (TPSA) is 9.72 Å². The highest BCUT2D eigenvalue weighted by molar-refractivity contribution is 7.26. The van der Waals surface area contributed by atoms with Gasteiger partial charge >= 0.3 is 0 Å². The molecule has 0 unspecified atom stereocenters. The minimum absolute atomic E-state index is 0.139. The molecule has 0 atom stereocenters. The molecular weight excluding hydrogens is 759 g/mol. The van der Waals surface area contributed by atoms with E-state index in [1.165, 1.54) is 53.6 Å². The molecule has 2 aliphatic rings. The molecule has 0 radical (unpaired) electrons. The third kappa shape index (κ3) is 5.56. The van der Waals surface area contributed by atoms with Crippen LogP contribution in [0, 0.1) is 0 Å². The highest BCUT2D eigenvalue weighted by Gasteiger charge is 2.36. The first-order valence-corrected chi connectivity index (χ1v) is 21.8. The van der Waals surface area contributed by atoms with Crippen molar-refractivity contribution < 1.29 is 0 Å². The fourth-order valence-corrected chi connectivity index (χ4v) is 11.1. The Hall–Kier alpha value is -7.40. The SMILES string of the molecule is CC1(C)c2ccccc2-c2ccc(N(c3ccc(-c4cccc5c4sc4ccccc45)cc3)c3ccc4c(c3)N(c3ccccc3)c3ccccc3N4c3ccccc3)cc21. The highest BCUT2D eigenvalue weighted by Crippen LogP contribution is 2.56. The van der Waals surface area contributed by atoms with Gasteiger partial charge in [-0.15, -0.1) is 11.3 Å². The zero-order chi connectivity index (χ0) is 40.7. The van der Waals surface area contributed by atoms with Crippen LogP contribution in [0.1, 0.15) is 25.0 Å². The van der Waals surface area contributed by atoms with Crippen molar-refractivity contribution in [2.24, 2.45) is 0 Å². The normalized spacial score (nSPS) is 13.5. The summed E-state index contributed by atoms with van der Waals surface area (Å²) >= 11 is 1.88. The molecule has 1 aliphatic carbocycles. The lowest BCUT2D eigenvalue weighted by Gasteiger charge is -2.41. The summed E-state index contributed by atoms with van der Waals surface area (Å²) in [4.78, 5) is 7.26. The maximum Gasteiger partial charge on any atom is 0.0724 e. The lowest BCUT2D eigenvalue weighted by Crippen LogP contribution is -2.24. The zero-order valence-corrected chi connectivity index (χ0v) is 34.8. The van der Waals surface area contributed by atoms with Crippen LogP contribution in [0.3, 0.4) is 0 Å². The van der Waals surface area contributed by atoms with E-state index in [-0.39, 0.29) is 5.41 Å². The number of fused-ring (bicyclic) bond motifs is 8. The van der Waals surface area contributed by atoms with Crippen molar-refractivity contribution in [2.75, 3.05) is 14.7 Å². The number of rotatable bonds is 6. The second-order valence-electron chi connectivity index (χ2n) is 16.6. The number of benzene rings is 9. The van der Waals surface area contributed by atoms with Gasteiger partial charge in [-0.25, -0.2) is 0 Å². The van der Waals surface area contributed by atoms with Crippen molar-refractivity contribution in [3.63, 3.8) is 0 Å². The Morgan fingerprint density at radius 2 is 0.934 bits per heavy atom. The van der Waals surface area contributed by atoms with E-state index < -0.39 is 0 Å². The summed E-state index contributed by atoms with van der Waals surface area (Å²) in [6, 6.07) is 77.9. The molecule has 0 amide bonds. The van der Waals surface area contributed by atoms with Crippen molar-refractivity contribution in [2.45, 2.75) is 19.3 Å². The lowest BCUT2D eigenvalue weighted by molar-refractivity contribution is 0.660. The van der Waals surface area contributed by atoms with Crippen LogP contribution in [0.4, 0.5) is 51.2 Å². The second kappa shape index (κ2) is 13.8. The van der Waals surface area contributed by atoms with E-state index in [0.29, 0.717) is 0 Å². The molecular formula is C57H41N3S. The Kier molecular flexibility index (Phi) is 8.06. The van der Waals surface area contributed by atoms with Crippen LogP contribution in [0.25, 0.3) is 42.4 Å². The summed E-state index contributed by atoms with van der Waals surface area (Å²) in [6.07, 6.45) is 0. The van der Waals surface area contributed by atoms with Crippen LogP contribution < -0.4 is 14.7 Å². The lowest BCUT2D eigenvalue weighted by atomic mass is 9.82. The molecule has 9 aromatic carbocycles. The molecule has 0 saturated heterocycles. The minimum Gasteiger partial charge on any atom is -0.310 e. The van der Waals surface area contributed by atoms with Gasteiger partial charge < -0.3 is 14.7 Å². The van der Waals surface area contributed by atoms with Gasteiger partial charge in [0, 0.05) is 54.0 Å². The Balaban J connectivity index is 1.06. The number of hydrogen-bond donors (Lipinski definition) is 0. The predicted molar refractivity (Wildman–Crippen MR) is 260 cm³/mol. The van der Waals surface area contributed by atoms with Crippen LogP contribution in [-0.4, -0.2) is 0 Å². The molecule has 12 rings (SSSR count). The molecule has 0 fully saturated rings. The molecule has 3 nitrogen and oxygen atoms in total. The van der Waals surface area contributed by atoms with Gasteiger partial charge in [-0.2, -0.15) is 0 Å². The summed E-state index contributed by atoms with van der Waals surface area (Å²) in [5.41, 5.74) is 17.7. The van der Waals surface area contributed by atoms with E-state index in [1.807, 2.05) is 11.3 Å². The molecule has 61 heavy (non-hydrogen) atoms. The fraction of sp³-hybridized carbons (Fsp3) is 0.0526. The summed E-state index contributed by atoms with van der Waals surface area (Å²) in [5, 5.41) is 2.63. The minimum atomic E-state index is -0.139. The monoisotopic (exact) mass is 799 g/mol. The van der Waals surface area contributed by atoms with Gasteiger partial charge in [-0.05, 0) is 118 Å². The molecule has 1 aromatic heterocycles. The van der Waals surface area contributed by atoms with Crippen LogP contribution in [0.5, 0.6) is 0 Å². The van der Waals surface area contributed by atoms with Crippen molar-refractivity contribution in [3.8, 4) is 22.3 Å². The predicted octanol–water partition coefficient (Wildman–Crippen LogP) is 16.8. The highest BCUT2D eigenvalue weighted by atomic mass is 32.1. The Morgan fingerprint density at radius 3 is 1.69 bits per heavy atom. The van der Waals surface area contributed by atoms with E-state index >= 15 is 0 Å². The molecule has 2 heterocycles. The average Bonchev–Trinajstić information content (AvgIpc) is 3.81. The smallest absolute Gasteiger partial charge is 0.0724 e. The first-order valence-electron chi connectivity index (χ1n) is 21.0. The van der Waals surface area contributed by atoms with Crippen molar-refractivity contribution in [3.05, 3.63) is 223 Å². The maximum absolute atomic E-state index is 2.44. The number of hydrogen-bond acceptors (Lipinski definition) is 4. The molecule has 4 heteroatoms. The molecule has 0 bridgehead atoms. The van der Waals surface area contributed by atoms with Crippen LogP contribution in [0.2, 0.25) is 0 Å². The number of para-hydroxylation sites is 4. The summed E-state index contributed by atoms with van der Waals surface area (Å²) in [7, 11) is 0. The van der Waals surface area contributed by atoms with Gasteiger partial charge in [0.1, 0.15) is 0 Å². The standard InChI is InChI=1S/C57H41N3S/c1-57(2)49-24-11-9-20-45(49)46-34-32-42(36-50(46)57)58(41-30-28-38(29-31-41)44-22-15-23-48-47-21-10-14-27-55(47)61-56(44)48)43-33-35-53-54(37-43)60(40-18-7-4-8-19-40)52-26-13-12-25-51(52)59(53)39-16-5-3-6-17-39/h3-37H,1-2H3. The number of anilines is 9. The average molecular weight is 800 g/mol. The van der Waals surface area contributed by atoms with Crippen LogP contribution in [0.15, 0.2) is 212 Å². The fourth-order valence-electron chi connectivity index (χ4n) is 9.87. The second-order valence-corrected chi connectivity index (χ2v) is 17.6. The van der Waals surface area contributed by atoms with Crippen LogP contribution >= 0.6 is 11.3 Å². The van der Waals surface area contributed by atoms with Gasteiger partial charge in [0.05, 0.1) is 22.7 Å². The number of nitrogens with zero attached hydrogens (tertiary/aromatic N) is 3. The zero-order valence-electron chi connectivity index (χ0n) is 34.0. The molecule has 1 aliphatic heterocycles. The van der Waals surface area contributed by atoms with Gasteiger partial charge in [-0.1, -0.05) is 141 Å². The Bertz CT molecular complexity index is 3290. The van der Waals surface area contributed by atoms with Crippen molar-refractivity contribution in [1.29, 1.82) is 0 Å². The molecule has 0 N–H and O–H groups in total. The molecule has 10 aromatic rings. The van der Waals surface area contributed by atoms with Crippen molar-refractivity contribution in [1.82, 2.24) is 0 Å². The van der Waals surface area contributed by atoms with Gasteiger partial charge in [0.2, 0.25) is 0 Å². The van der Waals surface area contributed by atoms with Gasteiger partial charge in [-0.3, -0.25) is 0 Å². The Labute approximate surface area is 360 Å². The molecule has 0 spiro atoms.